The Morgan fingerprint density at radius 1 is 1.03 bits per heavy atom. The fraction of sp³-hybridized carbons (Fsp3) is 0.214. The summed E-state index contributed by atoms with van der Waals surface area (Å²) >= 11 is 5.84. The normalized spacial score (nSPS) is 17.5. The van der Waals surface area contributed by atoms with Gasteiger partial charge in [-0.15, -0.1) is 0 Å². The standard InChI is InChI=1S/C28H27FN4OS/c1-18-16-22(19(2)33(18)25-10-5-4-8-23(25)29)27-26(24-9-6-7-15-30-24)31-28(35)32(27)17-20-11-13-21(34-3)14-12-20/h4-16,26-27H,17H2,1-3H3,(H,31,35). The van der Waals surface area contributed by atoms with Crippen LogP contribution < -0.4 is 10.1 Å². The van der Waals surface area contributed by atoms with Gasteiger partial charge >= 0.3 is 0 Å². The van der Waals surface area contributed by atoms with E-state index in [1.54, 1.807) is 19.4 Å². The first-order valence-corrected chi connectivity index (χ1v) is 11.9. The molecule has 2 aromatic carbocycles. The van der Waals surface area contributed by atoms with Crippen molar-refractivity contribution in [1.82, 2.24) is 19.8 Å². The van der Waals surface area contributed by atoms with Crippen LogP contribution in [0.25, 0.3) is 5.69 Å². The molecule has 5 rings (SSSR count). The average molecular weight is 487 g/mol. The Kier molecular flexibility index (Phi) is 6.26. The van der Waals surface area contributed by atoms with E-state index in [0.717, 1.165) is 34.0 Å². The maximum Gasteiger partial charge on any atom is 0.170 e. The molecule has 5 nitrogen and oxygen atoms in total. The van der Waals surface area contributed by atoms with E-state index >= 15 is 0 Å². The molecule has 0 spiro atoms. The molecule has 0 amide bonds. The molecule has 35 heavy (non-hydrogen) atoms. The molecular weight excluding hydrogens is 459 g/mol. The molecular formula is C28H27FN4OS. The topological polar surface area (TPSA) is 42.3 Å². The lowest BCUT2D eigenvalue weighted by atomic mass is 9.96. The molecule has 2 atom stereocenters. The zero-order chi connectivity index (χ0) is 24.5. The van der Waals surface area contributed by atoms with Crippen molar-refractivity contribution in [2.75, 3.05) is 7.11 Å². The van der Waals surface area contributed by atoms with Crippen molar-refractivity contribution < 1.29 is 9.13 Å². The summed E-state index contributed by atoms with van der Waals surface area (Å²) in [6, 6.07) is 22.7. The highest BCUT2D eigenvalue weighted by molar-refractivity contribution is 7.80. The highest BCUT2D eigenvalue weighted by Gasteiger charge is 2.41. The molecule has 1 aliphatic heterocycles. The van der Waals surface area contributed by atoms with Crippen LogP contribution in [-0.2, 0) is 6.54 Å². The molecule has 2 unspecified atom stereocenters. The first kappa shape index (κ1) is 23.1. The summed E-state index contributed by atoms with van der Waals surface area (Å²) in [6.07, 6.45) is 1.80. The van der Waals surface area contributed by atoms with Crippen LogP contribution in [0.2, 0.25) is 0 Å². The van der Waals surface area contributed by atoms with Crippen molar-refractivity contribution in [3.8, 4) is 11.4 Å². The molecule has 1 fully saturated rings. The van der Waals surface area contributed by atoms with E-state index in [0.29, 0.717) is 17.3 Å². The van der Waals surface area contributed by atoms with Crippen molar-refractivity contribution in [3.05, 3.63) is 113 Å². The lowest BCUT2D eigenvalue weighted by molar-refractivity contribution is 0.310. The zero-order valence-corrected chi connectivity index (χ0v) is 20.7. The first-order valence-electron chi connectivity index (χ1n) is 11.5. The summed E-state index contributed by atoms with van der Waals surface area (Å²) in [5, 5.41) is 4.17. The highest BCUT2D eigenvalue weighted by atomic mass is 32.1. The number of methoxy groups -OCH3 is 1. The Morgan fingerprint density at radius 2 is 1.77 bits per heavy atom. The van der Waals surface area contributed by atoms with Crippen LogP contribution in [0.4, 0.5) is 4.39 Å². The van der Waals surface area contributed by atoms with Gasteiger partial charge in [0.15, 0.2) is 5.11 Å². The number of hydrogen-bond acceptors (Lipinski definition) is 3. The minimum Gasteiger partial charge on any atom is -0.497 e. The van der Waals surface area contributed by atoms with E-state index < -0.39 is 0 Å². The Hall–Kier alpha value is -3.71. The Balaban J connectivity index is 1.60. The number of nitrogens with one attached hydrogen (secondary N) is 1. The van der Waals surface area contributed by atoms with E-state index in [4.69, 9.17) is 17.0 Å². The van der Waals surface area contributed by atoms with E-state index in [2.05, 4.69) is 33.4 Å². The maximum absolute atomic E-state index is 14.8. The number of aromatic nitrogens is 2. The largest absolute Gasteiger partial charge is 0.497 e. The summed E-state index contributed by atoms with van der Waals surface area (Å²) < 4.78 is 22.1. The average Bonchev–Trinajstić information content (AvgIpc) is 3.35. The zero-order valence-electron chi connectivity index (χ0n) is 19.9. The molecule has 1 aliphatic rings. The summed E-state index contributed by atoms with van der Waals surface area (Å²) in [6.45, 7) is 4.66. The fourth-order valence-corrected chi connectivity index (χ4v) is 5.24. The molecule has 1 saturated heterocycles. The molecule has 7 heteroatoms. The van der Waals surface area contributed by atoms with Gasteiger partial charge in [0.1, 0.15) is 11.6 Å². The maximum atomic E-state index is 14.8. The predicted octanol–water partition coefficient (Wildman–Crippen LogP) is 5.81. The van der Waals surface area contributed by atoms with Crippen LogP contribution in [0.5, 0.6) is 5.75 Å². The summed E-state index contributed by atoms with van der Waals surface area (Å²) in [5.74, 6) is 0.560. The van der Waals surface area contributed by atoms with Gasteiger partial charge in [-0.1, -0.05) is 30.3 Å². The van der Waals surface area contributed by atoms with Crippen LogP contribution in [0.15, 0.2) is 79.0 Å². The van der Waals surface area contributed by atoms with Gasteiger partial charge in [0.25, 0.3) is 0 Å². The number of ether oxygens (including phenoxy) is 1. The summed E-state index contributed by atoms with van der Waals surface area (Å²) in [4.78, 5) is 6.83. The summed E-state index contributed by atoms with van der Waals surface area (Å²) in [7, 11) is 1.66. The number of thiocarbonyl (C=S) groups is 1. The van der Waals surface area contributed by atoms with Gasteiger partial charge in [0, 0.05) is 24.1 Å². The first-order chi connectivity index (χ1) is 17.0. The molecule has 1 N–H and O–H groups in total. The van der Waals surface area contributed by atoms with Gasteiger partial charge in [0.05, 0.1) is 30.6 Å². The minimum atomic E-state index is -0.253. The van der Waals surface area contributed by atoms with Gasteiger partial charge < -0.3 is 19.5 Å². The third kappa shape index (κ3) is 4.28. The molecule has 3 heterocycles. The van der Waals surface area contributed by atoms with Crippen LogP contribution in [-0.4, -0.2) is 26.7 Å². The third-order valence-electron chi connectivity index (χ3n) is 6.59. The van der Waals surface area contributed by atoms with Crippen LogP contribution in [0.3, 0.4) is 0 Å². The van der Waals surface area contributed by atoms with E-state index in [1.165, 1.54) is 6.07 Å². The number of benzene rings is 2. The number of aryl methyl sites for hydroxylation is 1. The third-order valence-corrected chi connectivity index (χ3v) is 6.94. The van der Waals surface area contributed by atoms with Crippen LogP contribution in [0, 0.1) is 19.7 Å². The van der Waals surface area contributed by atoms with Gasteiger partial charge in [-0.25, -0.2) is 4.39 Å². The lowest BCUT2D eigenvalue weighted by Gasteiger charge is -2.28. The van der Waals surface area contributed by atoms with E-state index in [9.17, 15) is 4.39 Å². The second kappa shape index (κ2) is 9.50. The van der Waals surface area contributed by atoms with Gasteiger partial charge in [-0.2, -0.15) is 0 Å². The van der Waals surface area contributed by atoms with Gasteiger partial charge in [0.2, 0.25) is 0 Å². The molecule has 2 aromatic heterocycles. The van der Waals surface area contributed by atoms with Crippen LogP contribution in [0.1, 0.15) is 40.3 Å². The van der Waals surface area contributed by atoms with Gasteiger partial charge in [-0.05, 0) is 79.7 Å². The molecule has 4 aromatic rings. The van der Waals surface area contributed by atoms with Crippen molar-refractivity contribution in [1.29, 1.82) is 0 Å². The number of pyridine rings is 1. The quantitative estimate of drug-likeness (QED) is 0.349. The number of hydrogen-bond donors (Lipinski definition) is 1. The molecule has 0 bridgehead atoms. The SMILES string of the molecule is COc1ccc(CN2C(=S)NC(c3ccccn3)C2c2cc(C)n(-c3ccccc3F)c2C)cc1. The molecule has 0 aliphatic carbocycles. The van der Waals surface area contributed by atoms with Crippen molar-refractivity contribution in [2.45, 2.75) is 32.5 Å². The second-order valence-electron chi connectivity index (χ2n) is 8.72. The fourth-order valence-electron chi connectivity index (χ4n) is 4.93. The predicted molar refractivity (Wildman–Crippen MR) is 139 cm³/mol. The Bertz CT molecular complexity index is 1350. The highest BCUT2D eigenvalue weighted by Crippen LogP contribution is 2.42. The van der Waals surface area contributed by atoms with Crippen molar-refractivity contribution in [2.24, 2.45) is 0 Å². The second-order valence-corrected chi connectivity index (χ2v) is 9.10. The number of rotatable bonds is 6. The number of nitrogens with zero attached hydrogens (tertiary/aromatic N) is 3. The monoisotopic (exact) mass is 486 g/mol. The number of para-hydroxylation sites is 1. The molecule has 0 radical (unpaired) electrons. The Labute approximate surface area is 210 Å². The van der Waals surface area contributed by atoms with Crippen LogP contribution >= 0.6 is 12.2 Å². The molecule has 0 saturated carbocycles. The molecule has 178 valence electrons. The number of halogens is 1. The smallest absolute Gasteiger partial charge is 0.170 e. The van der Waals surface area contributed by atoms with E-state index in [1.807, 2.05) is 60.9 Å². The minimum absolute atomic E-state index is 0.119. The van der Waals surface area contributed by atoms with Gasteiger partial charge in [-0.3, -0.25) is 4.98 Å². The van der Waals surface area contributed by atoms with Crippen molar-refractivity contribution in [3.63, 3.8) is 0 Å². The van der Waals surface area contributed by atoms with E-state index in [-0.39, 0.29) is 17.9 Å². The van der Waals surface area contributed by atoms with Crippen molar-refractivity contribution >= 4 is 17.3 Å². The lowest BCUT2D eigenvalue weighted by Crippen LogP contribution is -2.29. The Morgan fingerprint density at radius 3 is 2.46 bits per heavy atom. The summed E-state index contributed by atoms with van der Waals surface area (Å²) in [5.41, 5.74) is 5.59.